The predicted octanol–water partition coefficient (Wildman–Crippen LogP) is 3.63. The van der Waals surface area contributed by atoms with E-state index in [1.54, 1.807) is 7.11 Å². The van der Waals surface area contributed by atoms with E-state index in [-0.39, 0.29) is 0 Å². The normalized spacial score (nSPS) is 18.4. The third kappa shape index (κ3) is 2.04. The fraction of sp³-hybridized carbons (Fsp3) is 0.333. The van der Waals surface area contributed by atoms with Gasteiger partial charge in [-0.25, -0.2) is 0 Å². The van der Waals surface area contributed by atoms with Crippen molar-refractivity contribution in [2.45, 2.75) is 19.4 Å². The van der Waals surface area contributed by atoms with Gasteiger partial charge in [0.05, 0.1) is 7.11 Å². The lowest BCUT2D eigenvalue weighted by atomic mass is 10.0. The average Bonchev–Trinajstić information content (AvgIpc) is 2.84. The number of ether oxygens (including phenoxy) is 1. The van der Waals surface area contributed by atoms with E-state index < -0.39 is 0 Å². The number of nitrogens with one attached hydrogen (secondary N) is 1. The van der Waals surface area contributed by atoms with Crippen molar-refractivity contribution in [2.75, 3.05) is 13.7 Å². The highest BCUT2D eigenvalue weighted by Gasteiger charge is 2.19. The number of methoxy groups -OCH3 is 1. The first-order valence-corrected chi connectivity index (χ1v) is 7.10. The molecule has 3 heteroatoms. The summed E-state index contributed by atoms with van der Waals surface area (Å²) in [4.78, 5) is 2.87. The monoisotopic (exact) mass is 259 g/mol. The van der Waals surface area contributed by atoms with Crippen molar-refractivity contribution >= 4 is 11.3 Å². The van der Waals surface area contributed by atoms with Crippen molar-refractivity contribution in [1.29, 1.82) is 0 Å². The highest BCUT2D eigenvalue weighted by molar-refractivity contribution is 7.15. The summed E-state index contributed by atoms with van der Waals surface area (Å²) in [6.45, 7) is 3.33. The molecule has 0 aliphatic carbocycles. The topological polar surface area (TPSA) is 21.3 Å². The van der Waals surface area contributed by atoms with Gasteiger partial charge in [-0.15, -0.1) is 11.3 Å². The number of benzene rings is 1. The summed E-state index contributed by atoms with van der Waals surface area (Å²) < 4.78 is 5.29. The van der Waals surface area contributed by atoms with Crippen LogP contribution in [0.15, 0.2) is 30.3 Å². The number of thiophene rings is 1. The Morgan fingerprint density at radius 2 is 2.22 bits per heavy atom. The van der Waals surface area contributed by atoms with Crippen molar-refractivity contribution < 1.29 is 4.74 Å². The lowest BCUT2D eigenvalue weighted by Gasteiger charge is -2.19. The van der Waals surface area contributed by atoms with Crippen LogP contribution in [0.4, 0.5) is 0 Å². The minimum absolute atomic E-state index is 0.476. The maximum Gasteiger partial charge on any atom is 0.119 e. The van der Waals surface area contributed by atoms with Crippen molar-refractivity contribution in [2.24, 2.45) is 0 Å². The van der Waals surface area contributed by atoms with Crippen molar-refractivity contribution in [3.05, 3.63) is 40.8 Å². The molecule has 2 heterocycles. The summed E-state index contributed by atoms with van der Waals surface area (Å²) in [6, 6.07) is 11.1. The van der Waals surface area contributed by atoms with Crippen LogP contribution in [0.25, 0.3) is 10.4 Å². The van der Waals surface area contributed by atoms with Crippen LogP contribution >= 0.6 is 11.3 Å². The van der Waals surface area contributed by atoms with E-state index in [9.17, 15) is 0 Å². The summed E-state index contributed by atoms with van der Waals surface area (Å²) in [5.74, 6) is 0.921. The lowest BCUT2D eigenvalue weighted by Crippen LogP contribution is -2.26. The van der Waals surface area contributed by atoms with Crippen LogP contribution in [0, 0.1) is 0 Å². The van der Waals surface area contributed by atoms with Crippen LogP contribution in [0.3, 0.4) is 0 Å². The number of hydrogen-bond acceptors (Lipinski definition) is 3. The molecule has 3 rings (SSSR count). The Kier molecular flexibility index (Phi) is 3.10. The number of hydrogen-bond donors (Lipinski definition) is 1. The predicted molar refractivity (Wildman–Crippen MR) is 76.4 cm³/mol. The second-order valence-electron chi connectivity index (χ2n) is 4.65. The van der Waals surface area contributed by atoms with E-state index in [2.05, 4.69) is 36.5 Å². The van der Waals surface area contributed by atoms with Gasteiger partial charge in [0.25, 0.3) is 0 Å². The van der Waals surface area contributed by atoms with Gasteiger partial charge >= 0.3 is 0 Å². The van der Waals surface area contributed by atoms with Gasteiger partial charge in [0, 0.05) is 22.3 Å². The molecule has 1 atom stereocenters. The quantitative estimate of drug-likeness (QED) is 0.889. The molecule has 0 spiro atoms. The van der Waals surface area contributed by atoms with Crippen molar-refractivity contribution in [3.63, 3.8) is 0 Å². The van der Waals surface area contributed by atoms with Gasteiger partial charge in [-0.2, -0.15) is 0 Å². The molecule has 0 radical (unpaired) electrons. The molecule has 1 aliphatic heterocycles. The number of fused-ring (bicyclic) bond motifs is 1. The van der Waals surface area contributed by atoms with Crippen LogP contribution in [0.1, 0.15) is 23.4 Å². The highest BCUT2D eigenvalue weighted by atomic mass is 32.1. The van der Waals surface area contributed by atoms with E-state index in [1.165, 1.54) is 20.9 Å². The maximum absolute atomic E-state index is 5.29. The molecular formula is C15H17NOS. The summed E-state index contributed by atoms with van der Waals surface area (Å²) in [5, 5.41) is 3.51. The third-order valence-electron chi connectivity index (χ3n) is 3.47. The van der Waals surface area contributed by atoms with E-state index in [0.717, 1.165) is 18.7 Å². The van der Waals surface area contributed by atoms with Crippen LogP contribution < -0.4 is 10.1 Å². The summed E-state index contributed by atoms with van der Waals surface area (Å²) >= 11 is 1.92. The fourth-order valence-electron chi connectivity index (χ4n) is 2.44. The van der Waals surface area contributed by atoms with Gasteiger partial charge in [-0.3, -0.25) is 0 Å². The zero-order valence-electron chi connectivity index (χ0n) is 10.7. The minimum Gasteiger partial charge on any atom is -0.497 e. The standard InChI is InChI=1S/C15H17NOS/c1-10-13-9-15(18-14(13)6-7-16-10)11-4-3-5-12(8-11)17-2/h3-5,8-10,16H,6-7H2,1-2H3. The Bertz CT molecular complexity index is 561. The molecule has 2 nitrogen and oxygen atoms in total. The van der Waals surface area contributed by atoms with Gasteiger partial charge in [-0.1, -0.05) is 12.1 Å². The molecule has 18 heavy (non-hydrogen) atoms. The number of rotatable bonds is 2. The zero-order valence-corrected chi connectivity index (χ0v) is 11.5. The minimum atomic E-state index is 0.476. The van der Waals surface area contributed by atoms with Gasteiger partial charge in [0.1, 0.15) is 5.75 Å². The van der Waals surface area contributed by atoms with Crippen LogP contribution in [0.5, 0.6) is 5.75 Å². The van der Waals surface area contributed by atoms with Crippen LogP contribution in [-0.4, -0.2) is 13.7 Å². The van der Waals surface area contributed by atoms with Gasteiger partial charge in [0.15, 0.2) is 0 Å². The zero-order chi connectivity index (χ0) is 12.5. The first-order valence-electron chi connectivity index (χ1n) is 6.28. The lowest BCUT2D eigenvalue weighted by molar-refractivity contribution is 0.415. The molecule has 1 aromatic carbocycles. The van der Waals surface area contributed by atoms with Crippen molar-refractivity contribution in [1.82, 2.24) is 5.32 Å². The molecule has 0 saturated carbocycles. The molecule has 0 amide bonds. The van der Waals surface area contributed by atoms with E-state index in [1.807, 2.05) is 17.4 Å². The van der Waals surface area contributed by atoms with Gasteiger partial charge in [0.2, 0.25) is 0 Å². The smallest absolute Gasteiger partial charge is 0.119 e. The van der Waals surface area contributed by atoms with Crippen LogP contribution in [0.2, 0.25) is 0 Å². The first-order chi connectivity index (χ1) is 8.78. The van der Waals surface area contributed by atoms with E-state index in [4.69, 9.17) is 4.74 Å². The van der Waals surface area contributed by atoms with E-state index >= 15 is 0 Å². The molecule has 1 aliphatic rings. The molecule has 1 aromatic heterocycles. The molecular weight excluding hydrogens is 242 g/mol. The maximum atomic E-state index is 5.29. The second kappa shape index (κ2) is 4.75. The Morgan fingerprint density at radius 3 is 3.00 bits per heavy atom. The van der Waals surface area contributed by atoms with E-state index in [0.29, 0.717) is 6.04 Å². The molecule has 94 valence electrons. The molecule has 0 bridgehead atoms. The largest absolute Gasteiger partial charge is 0.497 e. The van der Waals surface area contributed by atoms with Crippen LogP contribution in [-0.2, 0) is 6.42 Å². The Morgan fingerprint density at radius 1 is 1.33 bits per heavy atom. The second-order valence-corrected chi connectivity index (χ2v) is 5.78. The highest BCUT2D eigenvalue weighted by Crippen LogP contribution is 2.37. The summed E-state index contributed by atoms with van der Waals surface area (Å²) in [6.07, 6.45) is 1.15. The van der Waals surface area contributed by atoms with Gasteiger partial charge < -0.3 is 10.1 Å². The van der Waals surface area contributed by atoms with Crippen molar-refractivity contribution in [3.8, 4) is 16.2 Å². The van der Waals surface area contributed by atoms with Gasteiger partial charge in [-0.05, 0) is 42.7 Å². The summed E-state index contributed by atoms with van der Waals surface area (Å²) in [7, 11) is 1.71. The fourth-order valence-corrected chi connectivity index (χ4v) is 3.69. The Hall–Kier alpha value is -1.32. The summed E-state index contributed by atoms with van der Waals surface area (Å²) in [5.41, 5.74) is 2.71. The molecule has 1 unspecified atom stereocenters. The Labute approximate surface area is 112 Å². The molecule has 0 saturated heterocycles. The Balaban J connectivity index is 2.01. The molecule has 0 fully saturated rings. The SMILES string of the molecule is COc1cccc(-c2cc3c(s2)CCNC3C)c1. The average molecular weight is 259 g/mol. The molecule has 2 aromatic rings. The first kappa shape index (κ1) is 11.8. The third-order valence-corrected chi connectivity index (χ3v) is 4.72. The molecule has 1 N–H and O–H groups in total.